The van der Waals surface area contributed by atoms with Crippen molar-refractivity contribution < 1.29 is 28.5 Å². The Kier molecular flexibility index (Phi) is 3.14. The number of carbonyl (C=O) groups excluding carboxylic acids is 1. The van der Waals surface area contributed by atoms with Gasteiger partial charge in [0, 0.05) is 5.56 Å². The monoisotopic (exact) mass is 242 g/mol. The first-order valence-corrected chi connectivity index (χ1v) is 5.07. The minimum Gasteiger partial charge on any atom is -0.464 e. The van der Waals surface area contributed by atoms with E-state index >= 15 is 0 Å². The van der Waals surface area contributed by atoms with E-state index in [0.29, 0.717) is 0 Å². The molecule has 1 aromatic rings. The highest BCUT2D eigenvalue weighted by atomic mass is 19.1. The summed E-state index contributed by atoms with van der Waals surface area (Å²) in [6.07, 6.45) is -1.66. The quantitative estimate of drug-likeness (QED) is 0.805. The van der Waals surface area contributed by atoms with Crippen LogP contribution in [0.2, 0.25) is 0 Å². The van der Waals surface area contributed by atoms with Crippen molar-refractivity contribution in [1.82, 2.24) is 0 Å². The van der Waals surface area contributed by atoms with Gasteiger partial charge >= 0.3 is 5.97 Å². The van der Waals surface area contributed by atoms with Crippen LogP contribution in [0, 0.1) is 5.82 Å². The van der Waals surface area contributed by atoms with Crippen molar-refractivity contribution in [3.8, 4) is 11.5 Å². The molecule has 1 aliphatic heterocycles. The van der Waals surface area contributed by atoms with E-state index < -0.39 is 17.9 Å². The minimum absolute atomic E-state index is 0.0782. The molecule has 0 fully saturated rings. The maximum Gasteiger partial charge on any atom is 0.339 e. The van der Waals surface area contributed by atoms with Gasteiger partial charge < -0.3 is 19.3 Å². The zero-order valence-electron chi connectivity index (χ0n) is 9.10. The summed E-state index contributed by atoms with van der Waals surface area (Å²) in [6, 6.07) is 2.70. The van der Waals surface area contributed by atoms with Crippen LogP contribution in [0.1, 0.15) is 18.6 Å². The molecule has 0 spiro atoms. The summed E-state index contributed by atoms with van der Waals surface area (Å²) in [7, 11) is 0. The Bertz CT molecular complexity index is 446. The SMILES string of the molecule is CCOC(=O)C(O)c1ccc2c(c1F)OCO2. The van der Waals surface area contributed by atoms with Crippen LogP contribution in [-0.2, 0) is 9.53 Å². The number of hydrogen-bond donors (Lipinski definition) is 1. The van der Waals surface area contributed by atoms with Gasteiger partial charge in [0.2, 0.25) is 12.5 Å². The molecule has 0 aromatic heterocycles. The van der Waals surface area contributed by atoms with Gasteiger partial charge in [-0.05, 0) is 19.1 Å². The summed E-state index contributed by atoms with van der Waals surface area (Å²) >= 11 is 0. The van der Waals surface area contributed by atoms with Crippen LogP contribution >= 0.6 is 0 Å². The van der Waals surface area contributed by atoms with Gasteiger partial charge in [-0.1, -0.05) is 0 Å². The van der Waals surface area contributed by atoms with Gasteiger partial charge in [0.25, 0.3) is 0 Å². The molecule has 0 amide bonds. The third-order valence-electron chi connectivity index (χ3n) is 2.31. The van der Waals surface area contributed by atoms with Crippen LogP contribution in [0.25, 0.3) is 0 Å². The molecular formula is C11H11FO5. The molecule has 92 valence electrons. The summed E-state index contributed by atoms with van der Waals surface area (Å²) in [5.74, 6) is -1.54. The van der Waals surface area contributed by atoms with Crippen LogP contribution in [0.4, 0.5) is 4.39 Å². The summed E-state index contributed by atoms with van der Waals surface area (Å²) in [4.78, 5) is 11.3. The van der Waals surface area contributed by atoms with Gasteiger partial charge in [-0.25, -0.2) is 9.18 Å². The Morgan fingerprint density at radius 1 is 1.59 bits per heavy atom. The van der Waals surface area contributed by atoms with Gasteiger partial charge in [-0.15, -0.1) is 0 Å². The number of rotatable bonds is 3. The number of hydrogen-bond acceptors (Lipinski definition) is 5. The normalized spacial score (nSPS) is 14.5. The largest absolute Gasteiger partial charge is 0.464 e. The summed E-state index contributed by atoms with van der Waals surface area (Å²) in [5, 5.41) is 9.62. The lowest BCUT2D eigenvalue weighted by Gasteiger charge is -2.11. The maximum atomic E-state index is 13.9. The number of aliphatic hydroxyl groups is 1. The van der Waals surface area contributed by atoms with Gasteiger partial charge in [-0.2, -0.15) is 0 Å². The Labute approximate surface area is 96.7 Å². The molecule has 1 heterocycles. The van der Waals surface area contributed by atoms with Crippen molar-refractivity contribution >= 4 is 5.97 Å². The summed E-state index contributed by atoms with van der Waals surface area (Å²) in [6.45, 7) is 1.63. The molecule has 0 radical (unpaired) electrons. The van der Waals surface area contributed by atoms with Crippen molar-refractivity contribution in [2.75, 3.05) is 13.4 Å². The highest BCUT2D eigenvalue weighted by molar-refractivity contribution is 5.76. The second kappa shape index (κ2) is 4.58. The fourth-order valence-corrected chi connectivity index (χ4v) is 1.51. The lowest BCUT2D eigenvalue weighted by Crippen LogP contribution is -2.16. The Morgan fingerprint density at radius 3 is 3.06 bits per heavy atom. The molecule has 1 aromatic carbocycles. The number of aliphatic hydroxyl groups excluding tert-OH is 1. The second-order valence-corrected chi connectivity index (χ2v) is 3.36. The highest BCUT2D eigenvalue weighted by Crippen LogP contribution is 2.38. The number of esters is 1. The lowest BCUT2D eigenvalue weighted by atomic mass is 10.1. The molecule has 1 N–H and O–H groups in total. The van der Waals surface area contributed by atoms with E-state index in [0.717, 1.165) is 0 Å². The number of halogens is 1. The third-order valence-corrected chi connectivity index (χ3v) is 2.31. The molecular weight excluding hydrogens is 231 g/mol. The van der Waals surface area contributed by atoms with Crippen LogP contribution in [-0.4, -0.2) is 24.5 Å². The van der Waals surface area contributed by atoms with Gasteiger partial charge in [0.15, 0.2) is 17.7 Å². The second-order valence-electron chi connectivity index (χ2n) is 3.36. The fourth-order valence-electron chi connectivity index (χ4n) is 1.51. The van der Waals surface area contributed by atoms with Gasteiger partial charge in [-0.3, -0.25) is 0 Å². The van der Waals surface area contributed by atoms with E-state index in [2.05, 4.69) is 4.74 Å². The Hall–Kier alpha value is -1.82. The standard InChI is InChI=1S/C11H11FO5/c1-2-15-11(14)9(13)6-3-4-7-10(8(6)12)17-5-16-7/h3-4,9,13H,2,5H2,1H3. The van der Waals surface area contributed by atoms with E-state index in [4.69, 9.17) is 9.47 Å². The van der Waals surface area contributed by atoms with E-state index in [1.165, 1.54) is 12.1 Å². The number of carbonyl (C=O) groups is 1. The van der Waals surface area contributed by atoms with Crippen molar-refractivity contribution in [3.05, 3.63) is 23.5 Å². The molecule has 1 unspecified atom stereocenters. The molecule has 17 heavy (non-hydrogen) atoms. The predicted molar refractivity (Wildman–Crippen MR) is 54.1 cm³/mol. The predicted octanol–water partition coefficient (Wildman–Crippen LogP) is 1.15. The number of benzene rings is 1. The molecule has 0 aliphatic carbocycles. The summed E-state index contributed by atoms with van der Waals surface area (Å²) in [5.41, 5.74) is -0.187. The van der Waals surface area contributed by atoms with E-state index in [9.17, 15) is 14.3 Å². The zero-order valence-corrected chi connectivity index (χ0v) is 9.10. The molecule has 5 nitrogen and oxygen atoms in total. The molecule has 6 heteroatoms. The molecule has 1 atom stereocenters. The first kappa shape index (κ1) is 11.7. The average Bonchev–Trinajstić information content (AvgIpc) is 2.78. The van der Waals surface area contributed by atoms with Crippen molar-refractivity contribution in [2.45, 2.75) is 13.0 Å². The van der Waals surface area contributed by atoms with Crippen LogP contribution in [0.5, 0.6) is 11.5 Å². The van der Waals surface area contributed by atoms with E-state index in [1.54, 1.807) is 6.92 Å². The zero-order chi connectivity index (χ0) is 12.4. The molecule has 1 aliphatic rings. The number of fused-ring (bicyclic) bond motifs is 1. The molecule has 2 rings (SSSR count). The van der Waals surface area contributed by atoms with Crippen molar-refractivity contribution in [1.29, 1.82) is 0 Å². The molecule has 0 saturated heterocycles. The first-order chi connectivity index (χ1) is 8.15. The van der Waals surface area contributed by atoms with Crippen molar-refractivity contribution in [2.24, 2.45) is 0 Å². The Balaban J connectivity index is 2.30. The lowest BCUT2D eigenvalue weighted by molar-refractivity contribution is -0.153. The van der Waals surface area contributed by atoms with Crippen LogP contribution < -0.4 is 9.47 Å². The van der Waals surface area contributed by atoms with E-state index in [1.807, 2.05) is 0 Å². The van der Waals surface area contributed by atoms with Crippen LogP contribution in [0.15, 0.2) is 12.1 Å². The Morgan fingerprint density at radius 2 is 2.35 bits per heavy atom. The minimum atomic E-state index is -1.66. The fraction of sp³-hybridized carbons (Fsp3) is 0.364. The van der Waals surface area contributed by atoms with Gasteiger partial charge in [0.05, 0.1) is 6.61 Å². The number of ether oxygens (including phenoxy) is 3. The topological polar surface area (TPSA) is 65.0 Å². The van der Waals surface area contributed by atoms with Crippen molar-refractivity contribution in [3.63, 3.8) is 0 Å². The molecule has 0 bridgehead atoms. The first-order valence-electron chi connectivity index (χ1n) is 5.07. The highest BCUT2D eigenvalue weighted by Gasteiger charge is 2.28. The maximum absolute atomic E-state index is 13.9. The van der Waals surface area contributed by atoms with Gasteiger partial charge in [0.1, 0.15) is 0 Å². The smallest absolute Gasteiger partial charge is 0.339 e. The van der Waals surface area contributed by atoms with E-state index in [-0.39, 0.29) is 30.5 Å². The van der Waals surface area contributed by atoms with Crippen LogP contribution in [0.3, 0.4) is 0 Å². The molecule has 0 saturated carbocycles. The average molecular weight is 242 g/mol. The summed E-state index contributed by atoms with van der Waals surface area (Å²) < 4.78 is 28.3. The third kappa shape index (κ3) is 2.03.